The first-order valence-corrected chi connectivity index (χ1v) is 8.27. The van der Waals surface area contributed by atoms with Crippen molar-refractivity contribution in [3.63, 3.8) is 0 Å². The quantitative estimate of drug-likeness (QED) is 0.640. The first-order valence-electron chi connectivity index (χ1n) is 8.27. The number of ketones is 1. The fraction of sp³-hybridized carbons (Fsp3) is 0.381. The van der Waals surface area contributed by atoms with Crippen molar-refractivity contribution in [1.29, 1.82) is 0 Å². The van der Waals surface area contributed by atoms with Gasteiger partial charge in [0.15, 0.2) is 5.78 Å². The van der Waals surface area contributed by atoms with Gasteiger partial charge in [-0.15, -0.1) is 0 Å². The van der Waals surface area contributed by atoms with Crippen LogP contribution in [0.5, 0.6) is 5.75 Å². The molecule has 0 unspecified atom stereocenters. The summed E-state index contributed by atoms with van der Waals surface area (Å²) in [5, 5.41) is 0. The van der Waals surface area contributed by atoms with Gasteiger partial charge in [0.05, 0.1) is 7.11 Å². The lowest BCUT2D eigenvalue weighted by Crippen LogP contribution is -2.19. The summed E-state index contributed by atoms with van der Waals surface area (Å²) >= 11 is 0. The fourth-order valence-corrected chi connectivity index (χ4v) is 2.73. The standard InChI is InChI=1S/C21H26O2/c1-5-6-7-20(22)16-8-10-17(11-9-16)21(2,3)18-12-14-19(23-4)15-13-18/h8-15H,5-7H2,1-4H3. The Morgan fingerprint density at radius 1 is 0.957 bits per heavy atom. The van der Waals surface area contributed by atoms with Crippen molar-refractivity contribution >= 4 is 5.78 Å². The van der Waals surface area contributed by atoms with Crippen LogP contribution in [0.25, 0.3) is 0 Å². The van der Waals surface area contributed by atoms with Crippen LogP contribution in [0.3, 0.4) is 0 Å². The molecule has 2 heteroatoms. The Morgan fingerprint density at radius 3 is 1.96 bits per heavy atom. The average molecular weight is 310 g/mol. The van der Waals surface area contributed by atoms with Crippen LogP contribution in [-0.2, 0) is 5.41 Å². The Bertz CT molecular complexity index is 637. The van der Waals surface area contributed by atoms with E-state index in [9.17, 15) is 4.79 Å². The van der Waals surface area contributed by atoms with E-state index in [1.54, 1.807) is 7.11 Å². The van der Waals surface area contributed by atoms with Gasteiger partial charge in [0.2, 0.25) is 0 Å². The first-order chi connectivity index (χ1) is 11.0. The second kappa shape index (κ2) is 7.45. The van der Waals surface area contributed by atoms with Crippen LogP contribution in [0.2, 0.25) is 0 Å². The van der Waals surface area contributed by atoms with Gasteiger partial charge in [0, 0.05) is 17.4 Å². The van der Waals surface area contributed by atoms with Gasteiger partial charge in [-0.2, -0.15) is 0 Å². The third-order valence-corrected chi connectivity index (χ3v) is 4.50. The van der Waals surface area contributed by atoms with Crippen LogP contribution in [0.15, 0.2) is 48.5 Å². The van der Waals surface area contributed by atoms with Crippen LogP contribution in [0, 0.1) is 0 Å². The predicted molar refractivity (Wildman–Crippen MR) is 95.4 cm³/mol. The van der Waals surface area contributed by atoms with E-state index in [1.807, 2.05) is 24.3 Å². The summed E-state index contributed by atoms with van der Waals surface area (Å²) in [6.07, 6.45) is 2.64. The Labute approximate surface area is 139 Å². The van der Waals surface area contributed by atoms with Gasteiger partial charge in [0.1, 0.15) is 5.75 Å². The molecule has 122 valence electrons. The molecule has 0 fully saturated rings. The number of benzene rings is 2. The predicted octanol–water partition coefficient (Wildman–Crippen LogP) is 5.39. The summed E-state index contributed by atoms with van der Waals surface area (Å²) in [5.74, 6) is 1.10. The van der Waals surface area contributed by atoms with Crippen LogP contribution in [0.1, 0.15) is 61.5 Å². The smallest absolute Gasteiger partial charge is 0.162 e. The number of carbonyl (C=O) groups is 1. The first kappa shape index (κ1) is 17.3. The third kappa shape index (κ3) is 4.01. The lowest BCUT2D eigenvalue weighted by molar-refractivity contribution is 0.0979. The molecule has 0 aliphatic heterocycles. The molecule has 0 heterocycles. The normalized spacial score (nSPS) is 11.3. The third-order valence-electron chi connectivity index (χ3n) is 4.50. The molecule has 0 bridgehead atoms. The molecule has 23 heavy (non-hydrogen) atoms. The van der Waals surface area contributed by atoms with Gasteiger partial charge in [-0.05, 0) is 29.7 Å². The number of hydrogen-bond donors (Lipinski definition) is 0. The van der Waals surface area contributed by atoms with Crippen molar-refractivity contribution in [3.05, 3.63) is 65.2 Å². The van der Waals surface area contributed by atoms with Crippen molar-refractivity contribution < 1.29 is 9.53 Å². The van der Waals surface area contributed by atoms with Crippen LogP contribution in [0.4, 0.5) is 0 Å². The second-order valence-corrected chi connectivity index (χ2v) is 6.46. The molecule has 0 N–H and O–H groups in total. The number of ether oxygens (including phenoxy) is 1. The lowest BCUT2D eigenvalue weighted by Gasteiger charge is -2.26. The van der Waals surface area contributed by atoms with Crippen molar-refractivity contribution in [2.45, 2.75) is 45.4 Å². The van der Waals surface area contributed by atoms with Crippen LogP contribution in [-0.4, -0.2) is 12.9 Å². The zero-order valence-corrected chi connectivity index (χ0v) is 14.6. The molecule has 0 spiro atoms. The number of Topliss-reactive ketones (excluding diaryl/α,β-unsaturated/α-hetero) is 1. The highest BCUT2D eigenvalue weighted by Gasteiger charge is 2.23. The minimum Gasteiger partial charge on any atom is -0.497 e. The Morgan fingerprint density at radius 2 is 1.48 bits per heavy atom. The summed E-state index contributed by atoms with van der Waals surface area (Å²) in [5.41, 5.74) is 3.13. The molecule has 0 atom stereocenters. The molecule has 2 aromatic rings. The van der Waals surface area contributed by atoms with Gasteiger partial charge in [-0.1, -0.05) is 63.6 Å². The van der Waals surface area contributed by atoms with E-state index in [2.05, 4.69) is 45.0 Å². The fourth-order valence-electron chi connectivity index (χ4n) is 2.73. The van der Waals surface area contributed by atoms with Crippen LogP contribution >= 0.6 is 0 Å². The van der Waals surface area contributed by atoms with Crippen molar-refractivity contribution in [1.82, 2.24) is 0 Å². The summed E-state index contributed by atoms with van der Waals surface area (Å²) in [6.45, 7) is 6.50. The molecule has 0 radical (unpaired) electrons. The lowest BCUT2D eigenvalue weighted by atomic mass is 9.78. The summed E-state index contributed by atoms with van der Waals surface area (Å²) < 4.78 is 5.22. The Kier molecular flexibility index (Phi) is 5.59. The average Bonchev–Trinajstić information content (AvgIpc) is 2.59. The van der Waals surface area contributed by atoms with Crippen LogP contribution < -0.4 is 4.74 Å². The molecule has 2 nitrogen and oxygen atoms in total. The molecule has 0 aromatic heterocycles. The molecule has 0 amide bonds. The highest BCUT2D eigenvalue weighted by molar-refractivity contribution is 5.96. The molecule has 0 aliphatic carbocycles. The van der Waals surface area contributed by atoms with Crippen molar-refractivity contribution in [3.8, 4) is 5.75 Å². The highest BCUT2D eigenvalue weighted by atomic mass is 16.5. The monoisotopic (exact) mass is 310 g/mol. The minimum atomic E-state index is -0.114. The van der Waals surface area contributed by atoms with Gasteiger partial charge < -0.3 is 4.74 Å². The van der Waals surface area contributed by atoms with E-state index in [4.69, 9.17) is 4.74 Å². The van der Waals surface area contributed by atoms with E-state index in [-0.39, 0.29) is 11.2 Å². The van der Waals surface area contributed by atoms with Crippen molar-refractivity contribution in [2.24, 2.45) is 0 Å². The summed E-state index contributed by atoms with van der Waals surface area (Å²) in [7, 11) is 1.68. The number of unbranched alkanes of at least 4 members (excludes halogenated alkanes) is 1. The Balaban J connectivity index is 2.20. The maximum atomic E-state index is 12.1. The van der Waals surface area contributed by atoms with E-state index in [0.29, 0.717) is 6.42 Å². The van der Waals surface area contributed by atoms with E-state index < -0.39 is 0 Å². The van der Waals surface area contributed by atoms with Gasteiger partial charge in [-0.3, -0.25) is 4.79 Å². The second-order valence-electron chi connectivity index (χ2n) is 6.46. The number of hydrogen-bond acceptors (Lipinski definition) is 2. The highest BCUT2D eigenvalue weighted by Crippen LogP contribution is 2.32. The molecule has 0 saturated heterocycles. The minimum absolute atomic E-state index is 0.114. The zero-order valence-electron chi connectivity index (χ0n) is 14.6. The summed E-state index contributed by atoms with van der Waals surface area (Å²) in [4.78, 5) is 12.1. The van der Waals surface area contributed by atoms with Gasteiger partial charge >= 0.3 is 0 Å². The van der Waals surface area contributed by atoms with Crippen molar-refractivity contribution in [2.75, 3.05) is 7.11 Å². The number of carbonyl (C=O) groups excluding carboxylic acids is 1. The molecule has 0 aliphatic rings. The SMILES string of the molecule is CCCCC(=O)c1ccc(C(C)(C)c2ccc(OC)cc2)cc1. The largest absolute Gasteiger partial charge is 0.497 e. The topological polar surface area (TPSA) is 26.3 Å². The molecule has 0 saturated carbocycles. The Hall–Kier alpha value is -2.09. The molecular weight excluding hydrogens is 284 g/mol. The molecular formula is C21H26O2. The molecule has 2 rings (SSSR count). The van der Waals surface area contributed by atoms with E-state index in [0.717, 1.165) is 24.2 Å². The van der Waals surface area contributed by atoms with Gasteiger partial charge in [0.25, 0.3) is 0 Å². The molecule has 2 aromatic carbocycles. The maximum Gasteiger partial charge on any atom is 0.162 e. The summed E-state index contributed by atoms with van der Waals surface area (Å²) in [6, 6.07) is 16.2. The maximum absolute atomic E-state index is 12.1. The zero-order chi connectivity index (χ0) is 16.9. The van der Waals surface area contributed by atoms with E-state index in [1.165, 1.54) is 11.1 Å². The number of rotatable bonds is 7. The van der Waals surface area contributed by atoms with E-state index >= 15 is 0 Å². The number of methoxy groups -OCH3 is 1. The van der Waals surface area contributed by atoms with Gasteiger partial charge in [-0.25, -0.2) is 0 Å².